The highest BCUT2D eigenvalue weighted by atomic mass is 16.5. The summed E-state index contributed by atoms with van der Waals surface area (Å²) in [4.78, 5) is 24.4. The average Bonchev–Trinajstić information content (AvgIpc) is 2.37. The van der Waals surface area contributed by atoms with Crippen LogP contribution in [0.1, 0.15) is 27.2 Å². The van der Waals surface area contributed by atoms with Gasteiger partial charge in [-0.1, -0.05) is 20.3 Å². The minimum atomic E-state index is -1.03. The van der Waals surface area contributed by atoms with Gasteiger partial charge in [0.25, 0.3) is 0 Å². The lowest BCUT2D eigenvalue weighted by molar-refractivity contribution is -0.147. The fourth-order valence-electron chi connectivity index (χ4n) is 1.82. The second kappa shape index (κ2) is 6.58. The molecule has 6 heteroatoms. The average molecular weight is 258 g/mol. The molecule has 1 heterocycles. The molecule has 0 aromatic heterocycles. The molecule has 2 N–H and O–H groups in total. The normalized spacial score (nSPS) is 23.3. The van der Waals surface area contributed by atoms with Crippen molar-refractivity contribution in [2.45, 2.75) is 39.3 Å². The van der Waals surface area contributed by atoms with E-state index in [1.54, 1.807) is 0 Å². The number of amides is 2. The Morgan fingerprint density at radius 3 is 2.72 bits per heavy atom. The zero-order chi connectivity index (χ0) is 13.7. The molecule has 1 aliphatic heterocycles. The first kappa shape index (κ1) is 14.8. The Kier molecular flexibility index (Phi) is 5.40. The Morgan fingerprint density at radius 2 is 2.17 bits per heavy atom. The fourth-order valence-corrected chi connectivity index (χ4v) is 1.82. The van der Waals surface area contributed by atoms with Crippen molar-refractivity contribution >= 4 is 12.0 Å². The van der Waals surface area contributed by atoms with E-state index in [1.165, 1.54) is 4.90 Å². The third kappa shape index (κ3) is 3.60. The summed E-state index contributed by atoms with van der Waals surface area (Å²) < 4.78 is 5.09. The number of nitrogens with zero attached hydrogens (tertiary/aromatic N) is 1. The summed E-state index contributed by atoms with van der Waals surface area (Å²) in [5, 5.41) is 11.9. The SMILES string of the molecule is CCC(C)C(C)NC(=O)N1CCOCC1C(=O)O. The first-order chi connectivity index (χ1) is 8.47. The van der Waals surface area contributed by atoms with Crippen LogP contribution in [0, 0.1) is 5.92 Å². The van der Waals surface area contributed by atoms with Gasteiger partial charge >= 0.3 is 12.0 Å². The van der Waals surface area contributed by atoms with Gasteiger partial charge in [-0.15, -0.1) is 0 Å². The summed E-state index contributed by atoms with van der Waals surface area (Å²) in [6, 6.07) is -1.18. The van der Waals surface area contributed by atoms with E-state index in [-0.39, 0.29) is 18.7 Å². The second-order valence-corrected chi connectivity index (χ2v) is 4.75. The van der Waals surface area contributed by atoms with Crippen LogP contribution in [0.2, 0.25) is 0 Å². The molecule has 104 valence electrons. The van der Waals surface area contributed by atoms with Crippen LogP contribution in [0.5, 0.6) is 0 Å². The molecule has 1 saturated heterocycles. The Morgan fingerprint density at radius 1 is 1.50 bits per heavy atom. The molecule has 0 aromatic rings. The lowest BCUT2D eigenvalue weighted by Gasteiger charge is -2.34. The fraction of sp³-hybridized carbons (Fsp3) is 0.833. The van der Waals surface area contributed by atoms with Gasteiger partial charge in [0.2, 0.25) is 0 Å². The molecule has 0 aliphatic carbocycles. The maximum atomic E-state index is 12.0. The van der Waals surface area contributed by atoms with Crippen LogP contribution >= 0.6 is 0 Å². The van der Waals surface area contributed by atoms with Crippen molar-refractivity contribution < 1.29 is 19.4 Å². The number of carboxylic acids is 1. The number of carbonyl (C=O) groups is 2. The largest absolute Gasteiger partial charge is 0.480 e. The van der Waals surface area contributed by atoms with Gasteiger partial charge in [-0.25, -0.2) is 9.59 Å². The van der Waals surface area contributed by atoms with E-state index >= 15 is 0 Å². The van der Waals surface area contributed by atoms with Gasteiger partial charge in [-0.05, 0) is 12.8 Å². The number of carboxylic acid groups (broad SMARTS) is 1. The standard InChI is InChI=1S/C12H22N2O4/c1-4-8(2)9(3)13-12(17)14-5-6-18-7-10(14)11(15)16/h8-10H,4-7H2,1-3H3,(H,13,17)(H,15,16). The van der Waals surface area contributed by atoms with Crippen molar-refractivity contribution in [1.29, 1.82) is 0 Å². The second-order valence-electron chi connectivity index (χ2n) is 4.75. The Balaban J connectivity index is 2.61. The zero-order valence-electron chi connectivity index (χ0n) is 11.2. The van der Waals surface area contributed by atoms with E-state index in [4.69, 9.17) is 9.84 Å². The molecule has 1 fully saturated rings. The number of aliphatic carboxylic acids is 1. The van der Waals surface area contributed by atoms with E-state index in [2.05, 4.69) is 19.2 Å². The van der Waals surface area contributed by atoms with Crippen LogP contribution in [-0.2, 0) is 9.53 Å². The molecule has 0 spiro atoms. The molecule has 0 saturated carbocycles. The zero-order valence-corrected chi connectivity index (χ0v) is 11.2. The summed E-state index contributed by atoms with van der Waals surface area (Å²) in [6.45, 7) is 6.80. The van der Waals surface area contributed by atoms with E-state index in [1.807, 2.05) is 6.92 Å². The van der Waals surface area contributed by atoms with Gasteiger partial charge in [0, 0.05) is 12.6 Å². The van der Waals surface area contributed by atoms with Crippen LogP contribution in [-0.4, -0.2) is 53.8 Å². The highest BCUT2D eigenvalue weighted by Crippen LogP contribution is 2.11. The molecule has 18 heavy (non-hydrogen) atoms. The van der Waals surface area contributed by atoms with Gasteiger partial charge in [0.1, 0.15) is 0 Å². The number of nitrogens with one attached hydrogen (secondary N) is 1. The highest BCUT2D eigenvalue weighted by Gasteiger charge is 2.33. The van der Waals surface area contributed by atoms with Gasteiger partial charge in [0.05, 0.1) is 13.2 Å². The lowest BCUT2D eigenvalue weighted by atomic mass is 10.0. The number of hydrogen-bond acceptors (Lipinski definition) is 3. The van der Waals surface area contributed by atoms with Crippen LogP contribution in [0.4, 0.5) is 4.79 Å². The van der Waals surface area contributed by atoms with E-state index in [0.717, 1.165) is 6.42 Å². The molecular weight excluding hydrogens is 236 g/mol. The van der Waals surface area contributed by atoms with Crippen molar-refractivity contribution in [3.05, 3.63) is 0 Å². The first-order valence-corrected chi connectivity index (χ1v) is 6.35. The molecule has 2 amide bonds. The van der Waals surface area contributed by atoms with Crippen molar-refractivity contribution in [1.82, 2.24) is 10.2 Å². The van der Waals surface area contributed by atoms with Crippen molar-refractivity contribution in [3.8, 4) is 0 Å². The van der Waals surface area contributed by atoms with E-state index in [9.17, 15) is 9.59 Å². The Bertz CT molecular complexity index is 308. The molecule has 3 unspecified atom stereocenters. The van der Waals surface area contributed by atoms with Gasteiger partial charge in [-0.3, -0.25) is 0 Å². The van der Waals surface area contributed by atoms with Gasteiger partial charge < -0.3 is 20.1 Å². The minimum absolute atomic E-state index is 0.0276. The van der Waals surface area contributed by atoms with Gasteiger partial charge in [-0.2, -0.15) is 0 Å². The predicted molar refractivity (Wildman–Crippen MR) is 66.4 cm³/mol. The highest BCUT2D eigenvalue weighted by molar-refractivity contribution is 5.83. The maximum absolute atomic E-state index is 12.0. The topological polar surface area (TPSA) is 78.9 Å². The summed E-state index contributed by atoms with van der Waals surface area (Å²) in [7, 11) is 0. The summed E-state index contributed by atoms with van der Waals surface area (Å²) >= 11 is 0. The summed E-state index contributed by atoms with van der Waals surface area (Å²) in [6.07, 6.45) is 0.965. The monoisotopic (exact) mass is 258 g/mol. The number of urea groups is 1. The van der Waals surface area contributed by atoms with Crippen LogP contribution in [0.3, 0.4) is 0 Å². The van der Waals surface area contributed by atoms with Crippen LogP contribution in [0.25, 0.3) is 0 Å². The van der Waals surface area contributed by atoms with E-state index in [0.29, 0.717) is 19.1 Å². The molecule has 1 rings (SSSR count). The van der Waals surface area contributed by atoms with Crippen molar-refractivity contribution in [2.75, 3.05) is 19.8 Å². The predicted octanol–water partition coefficient (Wildman–Crippen LogP) is 0.916. The molecule has 0 radical (unpaired) electrons. The third-order valence-corrected chi connectivity index (χ3v) is 3.52. The number of ether oxygens (including phenoxy) is 1. The molecule has 3 atom stereocenters. The Hall–Kier alpha value is -1.30. The molecule has 1 aliphatic rings. The van der Waals surface area contributed by atoms with Crippen molar-refractivity contribution in [2.24, 2.45) is 5.92 Å². The quantitative estimate of drug-likeness (QED) is 0.785. The molecule has 0 aromatic carbocycles. The smallest absolute Gasteiger partial charge is 0.328 e. The number of morpholine rings is 1. The van der Waals surface area contributed by atoms with E-state index < -0.39 is 12.0 Å². The molecular formula is C12H22N2O4. The maximum Gasteiger partial charge on any atom is 0.328 e. The van der Waals surface area contributed by atoms with Crippen LogP contribution < -0.4 is 5.32 Å². The first-order valence-electron chi connectivity index (χ1n) is 6.35. The lowest BCUT2D eigenvalue weighted by Crippen LogP contribution is -2.57. The number of carbonyl (C=O) groups excluding carboxylic acids is 1. The number of rotatable bonds is 4. The molecule has 6 nitrogen and oxygen atoms in total. The summed E-state index contributed by atoms with van der Waals surface area (Å²) in [5.74, 6) is -0.667. The van der Waals surface area contributed by atoms with Crippen molar-refractivity contribution in [3.63, 3.8) is 0 Å². The van der Waals surface area contributed by atoms with Crippen LogP contribution in [0.15, 0.2) is 0 Å². The summed E-state index contributed by atoms with van der Waals surface area (Å²) in [5.41, 5.74) is 0. The Labute approximate surface area is 107 Å². The number of hydrogen-bond donors (Lipinski definition) is 2. The van der Waals surface area contributed by atoms with Gasteiger partial charge in [0.15, 0.2) is 6.04 Å². The minimum Gasteiger partial charge on any atom is -0.480 e. The third-order valence-electron chi connectivity index (χ3n) is 3.52. The molecule has 0 bridgehead atoms.